The standard InChI is InChI=1S/C15H21N3O4/c1-22-13-5-3-2-4-11(13)10-17-15(21)18-8-7-16-14(20)12(18)6-9-19/h2-5,12,19H,6-10H2,1H3,(H,16,20)(H,17,21)/t12-/m0/s1. The summed E-state index contributed by atoms with van der Waals surface area (Å²) < 4.78 is 5.24. The van der Waals surface area contributed by atoms with Gasteiger partial charge in [0, 0.05) is 31.8 Å². The van der Waals surface area contributed by atoms with Crippen LogP contribution in [0.2, 0.25) is 0 Å². The van der Waals surface area contributed by atoms with E-state index in [1.165, 1.54) is 4.90 Å². The Kier molecular flexibility index (Phi) is 5.60. The van der Waals surface area contributed by atoms with E-state index in [4.69, 9.17) is 9.84 Å². The number of para-hydroxylation sites is 1. The molecular weight excluding hydrogens is 286 g/mol. The fourth-order valence-electron chi connectivity index (χ4n) is 2.49. The minimum absolute atomic E-state index is 0.144. The number of aliphatic hydroxyl groups is 1. The van der Waals surface area contributed by atoms with Crippen LogP contribution in [0.15, 0.2) is 24.3 Å². The number of aliphatic hydroxyl groups excluding tert-OH is 1. The minimum atomic E-state index is -0.628. The third-order valence-corrected chi connectivity index (χ3v) is 3.62. The number of nitrogens with one attached hydrogen (secondary N) is 2. The molecule has 1 aliphatic rings. The normalized spacial score (nSPS) is 17.8. The zero-order valence-corrected chi connectivity index (χ0v) is 12.5. The highest BCUT2D eigenvalue weighted by molar-refractivity contribution is 5.88. The van der Waals surface area contributed by atoms with Crippen LogP contribution in [0.4, 0.5) is 4.79 Å². The maximum Gasteiger partial charge on any atom is 0.318 e. The first-order valence-electron chi connectivity index (χ1n) is 7.22. The molecule has 120 valence electrons. The largest absolute Gasteiger partial charge is 0.496 e. The molecule has 1 aliphatic heterocycles. The van der Waals surface area contributed by atoms with Gasteiger partial charge in [-0.25, -0.2) is 4.79 Å². The number of amides is 3. The van der Waals surface area contributed by atoms with Gasteiger partial charge in [-0.05, 0) is 12.5 Å². The van der Waals surface area contributed by atoms with Crippen molar-refractivity contribution in [2.24, 2.45) is 0 Å². The highest BCUT2D eigenvalue weighted by atomic mass is 16.5. The van der Waals surface area contributed by atoms with Gasteiger partial charge < -0.3 is 25.4 Å². The van der Waals surface area contributed by atoms with Crippen LogP contribution in [0.5, 0.6) is 5.75 Å². The molecule has 0 radical (unpaired) electrons. The van der Waals surface area contributed by atoms with Gasteiger partial charge in [0.2, 0.25) is 5.91 Å². The first-order chi connectivity index (χ1) is 10.7. The molecule has 1 aromatic rings. The van der Waals surface area contributed by atoms with Crippen molar-refractivity contribution in [2.45, 2.75) is 19.0 Å². The monoisotopic (exact) mass is 307 g/mol. The van der Waals surface area contributed by atoms with Crippen molar-refractivity contribution in [3.63, 3.8) is 0 Å². The average Bonchev–Trinajstić information content (AvgIpc) is 2.55. The Morgan fingerprint density at radius 1 is 1.50 bits per heavy atom. The molecule has 3 N–H and O–H groups in total. The number of nitrogens with zero attached hydrogens (tertiary/aromatic N) is 1. The van der Waals surface area contributed by atoms with Gasteiger partial charge >= 0.3 is 6.03 Å². The maximum atomic E-state index is 12.3. The lowest BCUT2D eigenvalue weighted by Crippen LogP contribution is -2.59. The Morgan fingerprint density at radius 3 is 3.00 bits per heavy atom. The molecule has 1 aromatic carbocycles. The second-order valence-corrected chi connectivity index (χ2v) is 4.98. The van der Waals surface area contributed by atoms with E-state index < -0.39 is 6.04 Å². The molecule has 7 nitrogen and oxygen atoms in total. The molecule has 3 amide bonds. The maximum absolute atomic E-state index is 12.3. The van der Waals surface area contributed by atoms with Crippen LogP contribution in [-0.2, 0) is 11.3 Å². The van der Waals surface area contributed by atoms with Crippen molar-refractivity contribution >= 4 is 11.9 Å². The van der Waals surface area contributed by atoms with Gasteiger partial charge in [0.05, 0.1) is 7.11 Å². The van der Waals surface area contributed by atoms with E-state index in [-0.39, 0.29) is 25.0 Å². The fraction of sp³-hybridized carbons (Fsp3) is 0.467. The summed E-state index contributed by atoms with van der Waals surface area (Å²) in [4.78, 5) is 25.6. The van der Waals surface area contributed by atoms with Gasteiger partial charge in [-0.15, -0.1) is 0 Å². The van der Waals surface area contributed by atoms with E-state index in [2.05, 4.69) is 10.6 Å². The first kappa shape index (κ1) is 16.1. The van der Waals surface area contributed by atoms with Gasteiger partial charge in [-0.2, -0.15) is 0 Å². The van der Waals surface area contributed by atoms with Crippen molar-refractivity contribution in [3.8, 4) is 5.75 Å². The summed E-state index contributed by atoms with van der Waals surface area (Å²) in [6.07, 6.45) is 0.230. The van der Waals surface area contributed by atoms with E-state index in [9.17, 15) is 9.59 Å². The molecular formula is C15H21N3O4. The zero-order valence-electron chi connectivity index (χ0n) is 12.5. The summed E-state index contributed by atoms with van der Waals surface area (Å²) in [7, 11) is 1.58. The molecule has 1 fully saturated rings. The van der Waals surface area contributed by atoms with Crippen LogP contribution in [0.1, 0.15) is 12.0 Å². The van der Waals surface area contributed by atoms with Crippen LogP contribution in [0.3, 0.4) is 0 Å². The third-order valence-electron chi connectivity index (χ3n) is 3.62. The van der Waals surface area contributed by atoms with Crippen molar-refractivity contribution in [2.75, 3.05) is 26.8 Å². The molecule has 1 saturated heterocycles. The van der Waals surface area contributed by atoms with E-state index in [0.717, 1.165) is 5.56 Å². The molecule has 7 heteroatoms. The molecule has 1 heterocycles. The van der Waals surface area contributed by atoms with Gasteiger partial charge in [-0.3, -0.25) is 4.79 Å². The van der Waals surface area contributed by atoms with Gasteiger partial charge in [-0.1, -0.05) is 18.2 Å². The fourth-order valence-corrected chi connectivity index (χ4v) is 2.49. The Morgan fingerprint density at radius 2 is 2.27 bits per heavy atom. The number of piperazine rings is 1. The molecule has 0 unspecified atom stereocenters. The highest BCUT2D eigenvalue weighted by Gasteiger charge is 2.32. The summed E-state index contributed by atoms with van der Waals surface area (Å²) in [5, 5.41) is 14.6. The number of carbonyl (C=O) groups excluding carboxylic acids is 2. The topological polar surface area (TPSA) is 90.9 Å². The molecule has 0 spiro atoms. The van der Waals surface area contributed by atoms with Crippen LogP contribution in [0, 0.1) is 0 Å². The van der Waals surface area contributed by atoms with E-state index in [0.29, 0.717) is 25.4 Å². The number of methoxy groups -OCH3 is 1. The molecule has 2 rings (SSSR count). The Bertz CT molecular complexity index is 535. The van der Waals surface area contributed by atoms with Crippen LogP contribution in [-0.4, -0.2) is 54.8 Å². The van der Waals surface area contributed by atoms with Crippen molar-refractivity contribution < 1.29 is 19.4 Å². The number of urea groups is 1. The highest BCUT2D eigenvalue weighted by Crippen LogP contribution is 2.17. The minimum Gasteiger partial charge on any atom is -0.496 e. The first-order valence-corrected chi connectivity index (χ1v) is 7.22. The molecule has 1 atom stereocenters. The molecule has 0 bridgehead atoms. The lowest BCUT2D eigenvalue weighted by Gasteiger charge is -2.34. The lowest BCUT2D eigenvalue weighted by atomic mass is 10.1. The lowest BCUT2D eigenvalue weighted by molar-refractivity contribution is -0.128. The number of hydrogen-bond acceptors (Lipinski definition) is 4. The number of ether oxygens (including phenoxy) is 1. The summed E-state index contributed by atoms with van der Waals surface area (Å²) in [5.41, 5.74) is 0.860. The Balaban J connectivity index is 1.99. The van der Waals surface area contributed by atoms with Crippen LogP contribution >= 0.6 is 0 Å². The van der Waals surface area contributed by atoms with Crippen molar-refractivity contribution in [3.05, 3.63) is 29.8 Å². The number of carbonyl (C=O) groups is 2. The second-order valence-electron chi connectivity index (χ2n) is 4.98. The molecule has 0 aliphatic carbocycles. The predicted molar refractivity (Wildman–Crippen MR) is 80.4 cm³/mol. The number of benzene rings is 1. The number of rotatable bonds is 5. The Labute approximate surface area is 129 Å². The van der Waals surface area contributed by atoms with Crippen molar-refractivity contribution in [1.29, 1.82) is 0 Å². The smallest absolute Gasteiger partial charge is 0.318 e. The molecule has 0 saturated carbocycles. The molecule has 22 heavy (non-hydrogen) atoms. The van der Waals surface area contributed by atoms with E-state index in [1.807, 2.05) is 24.3 Å². The van der Waals surface area contributed by atoms with Gasteiger partial charge in [0.1, 0.15) is 11.8 Å². The zero-order chi connectivity index (χ0) is 15.9. The van der Waals surface area contributed by atoms with Crippen LogP contribution in [0.25, 0.3) is 0 Å². The van der Waals surface area contributed by atoms with Gasteiger partial charge in [0.25, 0.3) is 0 Å². The van der Waals surface area contributed by atoms with E-state index in [1.54, 1.807) is 7.11 Å². The van der Waals surface area contributed by atoms with Crippen LogP contribution < -0.4 is 15.4 Å². The van der Waals surface area contributed by atoms with Gasteiger partial charge in [0.15, 0.2) is 0 Å². The summed E-state index contributed by atoms with van der Waals surface area (Å²) in [6.45, 7) is 1.01. The summed E-state index contributed by atoms with van der Waals surface area (Å²) in [6, 6.07) is 6.47. The third kappa shape index (κ3) is 3.67. The summed E-state index contributed by atoms with van der Waals surface area (Å²) in [5.74, 6) is 0.471. The molecule has 0 aromatic heterocycles. The number of hydrogen-bond donors (Lipinski definition) is 3. The average molecular weight is 307 g/mol. The Hall–Kier alpha value is -2.28. The second kappa shape index (κ2) is 7.65. The SMILES string of the molecule is COc1ccccc1CNC(=O)N1CCNC(=O)[C@@H]1CCO. The van der Waals surface area contributed by atoms with Crippen molar-refractivity contribution in [1.82, 2.24) is 15.5 Å². The summed E-state index contributed by atoms with van der Waals surface area (Å²) >= 11 is 0. The predicted octanol–water partition coefficient (Wildman–Crippen LogP) is 0.0876. The quantitative estimate of drug-likeness (QED) is 0.719. The van der Waals surface area contributed by atoms with E-state index >= 15 is 0 Å².